The van der Waals surface area contributed by atoms with Gasteiger partial charge in [-0.15, -0.1) is 0 Å². The second-order valence-electron chi connectivity index (χ2n) is 5.27. The van der Waals surface area contributed by atoms with Crippen LogP contribution in [0.25, 0.3) is 0 Å². The van der Waals surface area contributed by atoms with Crippen LogP contribution in [-0.4, -0.2) is 18.0 Å². The number of carbonyl (C=O) groups excluding carboxylic acids is 2. The Balaban J connectivity index is 1.72. The maximum atomic E-state index is 12.0. The fourth-order valence-corrected chi connectivity index (χ4v) is 2.08. The summed E-state index contributed by atoms with van der Waals surface area (Å²) >= 11 is 5.81. The van der Waals surface area contributed by atoms with Gasteiger partial charge in [0.1, 0.15) is 12.6 Å². The molecule has 0 heterocycles. The van der Waals surface area contributed by atoms with Gasteiger partial charge >= 0.3 is 6.09 Å². The Morgan fingerprint density at radius 3 is 2.38 bits per heavy atom. The van der Waals surface area contributed by atoms with Crippen molar-refractivity contribution in [3.05, 3.63) is 70.7 Å². The molecule has 2 N–H and O–H groups in total. The number of rotatable bonds is 6. The van der Waals surface area contributed by atoms with Crippen molar-refractivity contribution in [3.8, 4) is 0 Å². The molecule has 0 unspecified atom stereocenters. The number of ether oxygens (including phenoxy) is 1. The van der Waals surface area contributed by atoms with E-state index in [1.807, 2.05) is 42.5 Å². The van der Waals surface area contributed by atoms with E-state index in [1.165, 1.54) is 0 Å². The summed E-state index contributed by atoms with van der Waals surface area (Å²) in [5, 5.41) is 5.89. The first-order valence-corrected chi connectivity index (χ1v) is 7.92. The fourth-order valence-electron chi connectivity index (χ4n) is 1.95. The Morgan fingerprint density at radius 1 is 1.04 bits per heavy atom. The van der Waals surface area contributed by atoms with Gasteiger partial charge in [-0.2, -0.15) is 0 Å². The number of alkyl carbamates (subject to hydrolysis) is 1. The summed E-state index contributed by atoms with van der Waals surface area (Å²) in [5.41, 5.74) is 1.80. The van der Waals surface area contributed by atoms with E-state index in [1.54, 1.807) is 19.1 Å². The molecule has 2 rings (SSSR count). The molecule has 0 aliphatic carbocycles. The number of hydrogen-bond donors (Lipinski definition) is 2. The van der Waals surface area contributed by atoms with Gasteiger partial charge in [-0.25, -0.2) is 4.79 Å². The standard InChI is InChI=1S/C18H19ClN2O3/c1-13(17(22)20-11-14-7-9-16(19)10-8-14)21-18(23)24-12-15-5-3-2-4-6-15/h2-10,13H,11-12H2,1H3,(H,20,22)(H,21,23)/t13-/m1/s1. The number of carbonyl (C=O) groups is 2. The molecule has 2 aromatic carbocycles. The Bertz CT molecular complexity index is 674. The molecule has 0 radical (unpaired) electrons. The van der Waals surface area contributed by atoms with E-state index in [4.69, 9.17) is 16.3 Å². The third-order valence-corrected chi connectivity index (χ3v) is 3.57. The molecule has 0 fully saturated rings. The molecule has 0 saturated carbocycles. The SMILES string of the molecule is C[C@@H](NC(=O)OCc1ccccc1)C(=O)NCc1ccc(Cl)cc1. The van der Waals surface area contributed by atoms with Crippen LogP contribution in [0.15, 0.2) is 54.6 Å². The van der Waals surface area contributed by atoms with Crippen molar-refractivity contribution < 1.29 is 14.3 Å². The number of benzene rings is 2. The monoisotopic (exact) mass is 346 g/mol. The molecule has 5 nitrogen and oxygen atoms in total. The molecular formula is C18H19ClN2O3. The van der Waals surface area contributed by atoms with Gasteiger partial charge < -0.3 is 15.4 Å². The van der Waals surface area contributed by atoms with E-state index in [0.717, 1.165) is 11.1 Å². The third-order valence-electron chi connectivity index (χ3n) is 3.32. The van der Waals surface area contributed by atoms with Crippen LogP contribution in [0.2, 0.25) is 5.02 Å². The van der Waals surface area contributed by atoms with Crippen molar-refractivity contribution >= 4 is 23.6 Å². The molecule has 2 aromatic rings. The molecule has 0 aromatic heterocycles. The van der Waals surface area contributed by atoms with Crippen molar-refractivity contribution in [1.29, 1.82) is 0 Å². The van der Waals surface area contributed by atoms with E-state index in [0.29, 0.717) is 11.6 Å². The maximum absolute atomic E-state index is 12.0. The smallest absolute Gasteiger partial charge is 0.408 e. The zero-order chi connectivity index (χ0) is 17.4. The Kier molecular flexibility index (Phi) is 6.63. The minimum Gasteiger partial charge on any atom is -0.445 e. The van der Waals surface area contributed by atoms with Crippen LogP contribution < -0.4 is 10.6 Å². The summed E-state index contributed by atoms with van der Waals surface area (Å²) in [6.07, 6.45) is -0.631. The molecule has 126 valence electrons. The van der Waals surface area contributed by atoms with E-state index in [2.05, 4.69) is 10.6 Å². The molecule has 6 heteroatoms. The quantitative estimate of drug-likeness (QED) is 0.843. The number of nitrogens with one attached hydrogen (secondary N) is 2. The van der Waals surface area contributed by atoms with Crippen LogP contribution in [-0.2, 0) is 22.7 Å². The molecule has 0 spiro atoms. The predicted octanol–water partition coefficient (Wildman–Crippen LogP) is 3.27. The van der Waals surface area contributed by atoms with E-state index in [-0.39, 0.29) is 12.5 Å². The highest BCUT2D eigenvalue weighted by molar-refractivity contribution is 6.30. The lowest BCUT2D eigenvalue weighted by molar-refractivity contribution is -0.122. The average Bonchev–Trinajstić information content (AvgIpc) is 2.60. The van der Waals surface area contributed by atoms with Gasteiger partial charge in [-0.05, 0) is 30.2 Å². The van der Waals surface area contributed by atoms with Crippen molar-refractivity contribution in [2.45, 2.75) is 26.1 Å². The van der Waals surface area contributed by atoms with Gasteiger partial charge in [0, 0.05) is 11.6 Å². The Labute approximate surface area is 146 Å². The highest BCUT2D eigenvalue weighted by Gasteiger charge is 2.16. The van der Waals surface area contributed by atoms with Crippen LogP contribution in [0.5, 0.6) is 0 Å². The molecule has 2 amide bonds. The molecular weight excluding hydrogens is 328 g/mol. The summed E-state index contributed by atoms with van der Waals surface area (Å²) in [7, 11) is 0. The number of hydrogen-bond acceptors (Lipinski definition) is 3. The van der Waals surface area contributed by atoms with Crippen molar-refractivity contribution in [1.82, 2.24) is 10.6 Å². The fraction of sp³-hybridized carbons (Fsp3) is 0.222. The van der Waals surface area contributed by atoms with Gasteiger partial charge in [0.05, 0.1) is 0 Å². The summed E-state index contributed by atoms with van der Waals surface area (Å²) in [6, 6.07) is 15.8. The minimum atomic E-state index is -0.694. The van der Waals surface area contributed by atoms with Crippen molar-refractivity contribution in [2.24, 2.45) is 0 Å². The highest BCUT2D eigenvalue weighted by Crippen LogP contribution is 2.09. The van der Waals surface area contributed by atoms with E-state index in [9.17, 15) is 9.59 Å². The van der Waals surface area contributed by atoms with Crippen LogP contribution in [0, 0.1) is 0 Å². The Hall–Kier alpha value is -2.53. The van der Waals surface area contributed by atoms with E-state index >= 15 is 0 Å². The van der Waals surface area contributed by atoms with E-state index < -0.39 is 12.1 Å². The molecule has 24 heavy (non-hydrogen) atoms. The van der Waals surface area contributed by atoms with Gasteiger partial charge in [0.2, 0.25) is 5.91 Å². The summed E-state index contributed by atoms with van der Waals surface area (Å²) in [6.45, 7) is 2.12. The topological polar surface area (TPSA) is 67.4 Å². The molecule has 1 atom stereocenters. The molecule has 0 aliphatic rings. The third kappa shape index (κ3) is 5.93. The first kappa shape index (κ1) is 17.8. The zero-order valence-electron chi connectivity index (χ0n) is 13.3. The summed E-state index contributed by atoms with van der Waals surface area (Å²) in [5.74, 6) is -0.290. The lowest BCUT2D eigenvalue weighted by atomic mass is 10.2. The minimum absolute atomic E-state index is 0.159. The van der Waals surface area contributed by atoms with Crippen molar-refractivity contribution in [3.63, 3.8) is 0 Å². The zero-order valence-corrected chi connectivity index (χ0v) is 14.0. The summed E-state index contributed by atoms with van der Waals surface area (Å²) < 4.78 is 5.08. The lowest BCUT2D eigenvalue weighted by Crippen LogP contribution is -2.44. The van der Waals surface area contributed by atoms with Gasteiger partial charge in [0.25, 0.3) is 0 Å². The van der Waals surface area contributed by atoms with Gasteiger partial charge in [-0.3, -0.25) is 4.79 Å². The predicted molar refractivity (Wildman–Crippen MR) is 92.5 cm³/mol. The molecule has 0 saturated heterocycles. The first-order chi connectivity index (χ1) is 11.5. The van der Waals surface area contributed by atoms with Gasteiger partial charge in [0.15, 0.2) is 0 Å². The average molecular weight is 347 g/mol. The number of halogens is 1. The van der Waals surface area contributed by atoms with Gasteiger partial charge in [-0.1, -0.05) is 54.1 Å². The Morgan fingerprint density at radius 2 is 1.71 bits per heavy atom. The van der Waals surface area contributed by atoms with Crippen LogP contribution >= 0.6 is 11.6 Å². The first-order valence-electron chi connectivity index (χ1n) is 7.54. The molecule has 0 bridgehead atoms. The van der Waals surface area contributed by atoms with Crippen LogP contribution in [0.4, 0.5) is 4.79 Å². The van der Waals surface area contributed by atoms with Crippen LogP contribution in [0.3, 0.4) is 0 Å². The number of amides is 2. The normalized spacial score (nSPS) is 11.4. The maximum Gasteiger partial charge on any atom is 0.408 e. The second-order valence-corrected chi connectivity index (χ2v) is 5.71. The van der Waals surface area contributed by atoms with Crippen molar-refractivity contribution in [2.75, 3.05) is 0 Å². The highest BCUT2D eigenvalue weighted by atomic mass is 35.5. The summed E-state index contributed by atoms with van der Waals surface area (Å²) in [4.78, 5) is 23.7. The largest absolute Gasteiger partial charge is 0.445 e. The van der Waals surface area contributed by atoms with Crippen LogP contribution in [0.1, 0.15) is 18.1 Å². The molecule has 0 aliphatic heterocycles. The second kappa shape index (κ2) is 8.93. The lowest BCUT2D eigenvalue weighted by Gasteiger charge is -2.14.